The molecule has 98 valence electrons. The number of fused-ring (bicyclic) bond motifs is 1. The van der Waals surface area contributed by atoms with Crippen LogP contribution in [0, 0.1) is 0 Å². The topological polar surface area (TPSA) is 25.8 Å². The molecule has 0 aliphatic carbocycles. The summed E-state index contributed by atoms with van der Waals surface area (Å²) in [5.41, 5.74) is 0. The molecule has 8 heteroatoms. The largest absolute Gasteiger partial charge is 0.245 e. The van der Waals surface area contributed by atoms with E-state index in [1.807, 2.05) is 47.0 Å². The number of aromatic nitrogens is 2. The summed E-state index contributed by atoms with van der Waals surface area (Å²) in [6.45, 7) is 2.31. The molecule has 1 atom stereocenters. The van der Waals surface area contributed by atoms with E-state index in [2.05, 4.69) is 16.9 Å². The molecule has 1 unspecified atom stereocenters. The number of hydrogen-bond acceptors (Lipinski definition) is 8. The predicted molar refractivity (Wildman–Crippen MR) is 92.5 cm³/mol. The Bertz CT molecular complexity index is 584. The van der Waals surface area contributed by atoms with Crippen LogP contribution >= 0.6 is 70.6 Å². The van der Waals surface area contributed by atoms with Crippen molar-refractivity contribution in [3.05, 3.63) is 29.3 Å². The molecule has 1 aromatic rings. The van der Waals surface area contributed by atoms with Crippen LogP contribution < -0.4 is 0 Å². The van der Waals surface area contributed by atoms with Crippen molar-refractivity contribution in [1.82, 2.24) is 9.97 Å². The smallest absolute Gasteiger partial charge is 0.134 e. The van der Waals surface area contributed by atoms with Gasteiger partial charge in [0, 0.05) is 23.4 Å². The zero-order valence-corrected chi connectivity index (χ0v) is 14.7. The van der Waals surface area contributed by atoms with Gasteiger partial charge in [-0.25, -0.2) is 9.97 Å². The Kier molecular flexibility index (Phi) is 3.83. The van der Waals surface area contributed by atoms with Crippen molar-refractivity contribution in [2.75, 3.05) is 5.75 Å². The summed E-state index contributed by atoms with van der Waals surface area (Å²) in [6, 6.07) is 0. The predicted octanol–water partition coefficient (Wildman–Crippen LogP) is 5.28. The molecule has 4 rings (SSSR count). The summed E-state index contributed by atoms with van der Waals surface area (Å²) < 4.78 is 5.75. The lowest BCUT2D eigenvalue weighted by molar-refractivity contribution is 0.930. The van der Waals surface area contributed by atoms with Crippen molar-refractivity contribution in [2.24, 2.45) is 0 Å². The minimum atomic E-state index is 0.727. The highest BCUT2D eigenvalue weighted by atomic mass is 32.3. The van der Waals surface area contributed by atoms with Gasteiger partial charge in [0.2, 0.25) is 0 Å². The Morgan fingerprint density at radius 1 is 0.895 bits per heavy atom. The van der Waals surface area contributed by atoms with Gasteiger partial charge in [0.1, 0.15) is 10.1 Å². The number of thioether (sulfide) groups is 6. The van der Waals surface area contributed by atoms with Crippen molar-refractivity contribution < 1.29 is 0 Å². The molecule has 0 amide bonds. The van der Waals surface area contributed by atoms with Gasteiger partial charge in [0.15, 0.2) is 0 Å². The molecule has 3 aliphatic rings. The van der Waals surface area contributed by atoms with Crippen molar-refractivity contribution in [3.8, 4) is 0 Å². The normalized spacial score (nSPS) is 25.8. The lowest BCUT2D eigenvalue weighted by atomic mass is 10.6. The fourth-order valence-electron chi connectivity index (χ4n) is 1.66. The van der Waals surface area contributed by atoms with E-state index in [9.17, 15) is 0 Å². The zero-order chi connectivity index (χ0) is 12.8. The Morgan fingerprint density at radius 2 is 1.53 bits per heavy atom. The molecule has 3 aliphatic heterocycles. The van der Waals surface area contributed by atoms with Crippen LogP contribution in [0.4, 0.5) is 0 Å². The molecule has 0 radical (unpaired) electrons. The van der Waals surface area contributed by atoms with E-state index in [1.165, 1.54) is 22.7 Å². The minimum absolute atomic E-state index is 0.727. The van der Waals surface area contributed by atoms with Crippen LogP contribution in [-0.4, -0.2) is 21.0 Å². The fourth-order valence-corrected chi connectivity index (χ4v) is 10.4. The number of hydrogen-bond donors (Lipinski definition) is 0. The van der Waals surface area contributed by atoms with E-state index in [1.54, 1.807) is 35.9 Å². The van der Waals surface area contributed by atoms with E-state index in [0.29, 0.717) is 0 Å². The molecule has 0 saturated heterocycles. The van der Waals surface area contributed by atoms with Crippen molar-refractivity contribution >= 4 is 70.6 Å². The van der Waals surface area contributed by atoms with Crippen LogP contribution in [0.15, 0.2) is 39.4 Å². The second-order valence-corrected chi connectivity index (χ2v) is 11.5. The summed E-state index contributed by atoms with van der Waals surface area (Å²) in [5.74, 6) is 1.23. The Morgan fingerprint density at radius 3 is 2.26 bits per heavy atom. The summed E-state index contributed by atoms with van der Waals surface area (Å²) >= 11 is 11.4. The van der Waals surface area contributed by atoms with Gasteiger partial charge in [-0.15, -0.1) is 23.5 Å². The van der Waals surface area contributed by atoms with E-state index < -0.39 is 0 Å². The maximum absolute atomic E-state index is 4.39. The SMILES string of the molecule is CC1CSC2=C(SC(=C3Sc4nccnc4S3)S2)S1. The highest BCUT2D eigenvalue weighted by molar-refractivity contribution is 8.42. The zero-order valence-electron chi connectivity index (χ0n) is 9.78. The molecule has 0 N–H and O–H groups in total. The third-order valence-electron chi connectivity index (χ3n) is 2.47. The molecular formula is C11H8N2S6. The van der Waals surface area contributed by atoms with Gasteiger partial charge in [-0.1, -0.05) is 54.0 Å². The minimum Gasteiger partial charge on any atom is -0.245 e. The maximum Gasteiger partial charge on any atom is 0.134 e. The van der Waals surface area contributed by atoms with Crippen LogP contribution in [0.2, 0.25) is 0 Å². The van der Waals surface area contributed by atoms with Crippen molar-refractivity contribution in [3.63, 3.8) is 0 Å². The third-order valence-corrected chi connectivity index (χ3v) is 11.4. The van der Waals surface area contributed by atoms with Crippen molar-refractivity contribution in [2.45, 2.75) is 22.2 Å². The average Bonchev–Trinajstić information content (AvgIpc) is 3.00. The van der Waals surface area contributed by atoms with E-state index >= 15 is 0 Å². The molecule has 0 bridgehead atoms. The highest BCUT2D eigenvalue weighted by Crippen LogP contribution is 2.65. The van der Waals surface area contributed by atoms with Crippen LogP contribution in [0.1, 0.15) is 6.92 Å². The van der Waals surface area contributed by atoms with Crippen LogP contribution in [0.25, 0.3) is 0 Å². The Hall–Kier alpha value is 0.660. The fraction of sp³-hybridized carbons (Fsp3) is 0.273. The lowest BCUT2D eigenvalue weighted by Gasteiger charge is -2.16. The first kappa shape index (κ1) is 13.3. The summed E-state index contributed by atoms with van der Waals surface area (Å²) in [4.78, 5) is 8.77. The molecular weight excluding hydrogens is 353 g/mol. The maximum atomic E-state index is 4.39. The molecule has 1 aromatic heterocycles. The standard InChI is InChI=1S/C11H8N2S6/c1-5-4-14-8-9(15-5)19-11(18-8)10-16-6-7(17-10)13-3-2-12-6/h2-3,5H,4H2,1H3. The van der Waals surface area contributed by atoms with Crippen LogP contribution in [0.3, 0.4) is 0 Å². The molecule has 2 nitrogen and oxygen atoms in total. The third kappa shape index (κ3) is 2.60. The molecule has 0 saturated carbocycles. The molecule has 0 spiro atoms. The van der Waals surface area contributed by atoms with Gasteiger partial charge in [0.25, 0.3) is 0 Å². The van der Waals surface area contributed by atoms with Gasteiger partial charge in [0.05, 0.1) is 16.9 Å². The summed E-state index contributed by atoms with van der Waals surface area (Å²) in [6.07, 6.45) is 3.54. The first-order valence-electron chi connectivity index (χ1n) is 5.60. The van der Waals surface area contributed by atoms with Gasteiger partial charge in [-0.05, 0) is 0 Å². The Labute approximate surface area is 137 Å². The number of nitrogens with zero attached hydrogens (tertiary/aromatic N) is 2. The molecule has 0 aromatic carbocycles. The van der Waals surface area contributed by atoms with E-state index in [0.717, 1.165) is 15.3 Å². The molecule has 19 heavy (non-hydrogen) atoms. The second kappa shape index (κ2) is 5.46. The number of rotatable bonds is 0. The quantitative estimate of drug-likeness (QED) is 0.617. The highest BCUT2D eigenvalue weighted by Gasteiger charge is 2.32. The van der Waals surface area contributed by atoms with Gasteiger partial charge in [-0.3, -0.25) is 0 Å². The first-order chi connectivity index (χ1) is 9.29. The van der Waals surface area contributed by atoms with Crippen molar-refractivity contribution in [1.29, 1.82) is 0 Å². The van der Waals surface area contributed by atoms with Crippen LogP contribution in [-0.2, 0) is 0 Å². The Balaban J connectivity index is 1.59. The summed E-state index contributed by atoms with van der Waals surface area (Å²) in [7, 11) is 0. The monoisotopic (exact) mass is 360 g/mol. The average molecular weight is 361 g/mol. The van der Waals surface area contributed by atoms with Gasteiger partial charge < -0.3 is 0 Å². The van der Waals surface area contributed by atoms with E-state index in [-0.39, 0.29) is 0 Å². The second-order valence-electron chi connectivity index (χ2n) is 3.96. The molecule has 0 fully saturated rings. The van der Waals surface area contributed by atoms with Gasteiger partial charge >= 0.3 is 0 Å². The lowest BCUT2D eigenvalue weighted by Crippen LogP contribution is -2.02. The summed E-state index contributed by atoms with van der Waals surface area (Å²) in [5, 5.41) is 2.83. The van der Waals surface area contributed by atoms with E-state index in [4.69, 9.17) is 0 Å². The van der Waals surface area contributed by atoms with Crippen LogP contribution in [0.5, 0.6) is 0 Å². The molecule has 4 heterocycles. The van der Waals surface area contributed by atoms with Gasteiger partial charge in [-0.2, -0.15) is 0 Å². The first-order valence-corrected chi connectivity index (χ1v) is 10.7.